The number of carbonyl (C=O) groups excluding carboxylic acids is 2. The van der Waals surface area contributed by atoms with Crippen LogP contribution in [0.3, 0.4) is 0 Å². The van der Waals surface area contributed by atoms with Crippen molar-refractivity contribution in [3.8, 4) is 5.75 Å². The summed E-state index contributed by atoms with van der Waals surface area (Å²) in [5.41, 5.74) is 5.91. The van der Waals surface area contributed by atoms with E-state index in [0.717, 1.165) is 19.4 Å². The first-order valence-corrected chi connectivity index (χ1v) is 7.98. The van der Waals surface area contributed by atoms with Gasteiger partial charge in [-0.15, -0.1) is 0 Å². The lowest BCUT2D eigenvalue weighted by Crippen LogP contribution is -2.49. The van der Waals surface area contributed by atoms with E-state index in [0.29, 0.717) is 23.0 Å². The number of anilines is 1. The normalized spacial score (nSPS) is 19.9. The molecular weight excluding hydrogens is 318 g/mol. The molecule has 1 aromatic carbocycles. The molecule has 0 bridgehead atoms. The average molecular weight is 340 g/mol. The van der Waals surface area contributed by atoms with Crippen LogP contribution in [-0.2, 0) is 9.59 Å². The third-order valence-electron chi connectivity index (χ3n) is 4.20. The number of nitrogens with one attached hydrogen (secondary N) is 1. The molecule has 2 amide bonds. The fourth-order valence-corrected chi connectivity index (χ4v) is 2.94. The zero-order chi connectivity index (χ0) is 17.0. The van der Waals surface area contributed by atoms with Gasteiger partial charge in [0.1, 0.15) is 5.75 Å². The highest BCUT2D eigenvalue weighted by molar-refractivity contribution is 6.31. The van der Waals surface area contributed by atoms with E-state index >= 15 is 0 Å². The quantitative estimate of drug-likeness (QED) is 0.857. The number of hydrogen-bond acceptors (Lipinski definition) is 4. The molecule has 1 fully saturated rings. The summed E-state index contributed by atoms with van der Waals surface area (Å²) in [4.78, 5) is 25.8. The van der Waals surface area contributed by atoms with Crippen LogP contribution in [0.4, 0.5) is 5.69 Å². The number of piperidine rings is 1. The van der Waals surface area contributed by atoms with Crippen LogP contribution in [0.25, 0.3) is 0 Å². The number of carbonyl (C=O) groups is 2. The minimum absolute atomic E-state index is 0.171. The van der Waals surface area contributed by atoms with Gasteiger partial charge in [0, 0.05) is 11.6 Å². The number of nitrogens with zero attached hydrogens (tertiary/aromatic N) is 1. The Hall–Kier alpha value is -1.79. The number of methoxy groups -OCH3 is 1. The van der Waals surface area contributed by atoms with E-state index in [9.17, 15) is 9.59 Å². The van der Waals surface area contributed by atoms with Gasteiger partial charge in [0.25, 0.3) is 0 Å². The minimum Gasteiger partial charge on any atom is -0.495 e. The molecule has 2 rings (SSSR count). The predicted molar refractivity (Wildman–Crippen MR) is 89.6 cm³/mol. The van der Waals surface area contributed by atoms with Crippen molar-refractivity contribution in [2.24, 2.45) is 11.7 Å². The SMILES string of the molecule is COc1ccc(Cl)cc1NC(=O)[C@H](C)N1CCC[C@H](C(N)=O)C1. The highest BCUT2D eigenvalue weighted by Crippen LogP contribution is 2.28. The summed E-state index contributed by atoms with van der Waals surface area (Å²) in [6.07, 6.45) is 1.63. The third kappa shape index (κ3) is 4.36. The second-order valence-electron chi connectivity index (χ2n) is 5.75. The fourth-order valence-electron chi connectivity index (χ4n) is 2.77. The summed E-state index contributed by atoms with van der Waals surface area (Å²) in [6, 6.07) is 4.67. The predicted octanol–water partition coefficient (Wildman–Crippen LogP) is 1.87. The van der Waals surface area contributed by atoms with Crippen molar-refractivity contribution in [1.29, 1.82) is 0 Å². The smallest absolute Gasteiger partial charge is 0.241 e. The van der Waals surface area contributed by atoms with E-state index in [1.807, 2.05) is 11.8 Å². The van der Waals surface area contributed by atoms with E-state index in [1.165, 1.54) is 7.11 Å². The van der Waals surface area contributed by atoms with Crippen LogP contribution in [0.1, 0.15) is 19.8 Å². The first-order chi connectivity index (χ1) is 10.9. The van der Waals surface area contributed by atoms with Crippen molar-refractivity contribution < 1.29 is 14.3 Å². The summed E-state index contributed by atoms with van der Waals surface area (Å²) in [7, 11) is 1.53. The molecule has 23 heavy (non-hydrogen) atoms. The van der Waals surface area contributed by atoms with Crippen molar-refractivity contribution in [2.75, 3.05) is 25.5 Å². The van der Waals surface area contributed by atoms with Crippen LogP contribution in [0, 0.1) is 5.92 Å². The van der Waals surface area contributed by atoms with Crippen molar-refractivity contribution >= 4 is 29.1 Å². The zero-order valence-corrected chi connectivity index (χ0v) is 14.1. The molecule has 0 spiro atoms. The number of rotatable bonds is 5. The summed E-state index contributed by atoms with van der Waals surface area (Å²) >= 11 is 5.97. The van der Waals surface area contributed by atoms with Crippen LogP contribution in [0.2, 0.25) is 5.02 Å². The lowest BCUT2D eigenvalue weighted by Gasteiger charge is -2.34. The van der Waals surface area contributed by atoms with E-state index in [2.05, 4.69) is 5.32 Å². The Labute approximate surface area is 140 Å². The molecule has 0 aromatic heterocycles. The number of primary amides is 1. The van der Waals surface area contributed by atoms with E-state index in [-0.39, 0.29) is 23.8 Å². The van der Waals surface area contributed by atoms with Gasteiger partial charge < -0.3 is 15.8 Å². The molecule has 3 N–H and O–H groups in total. The van der Waals surface area contributed by atoms with Gasteiger partial charge in [0.15, 0.2) is 0 Å². The Morgan fingerprint density at radius 1 is 1.48 bits per heavy atom. The van der Waals surface area contributed by atoms with Crippen LogP contribution in [-0.4, -0.2) is 43.0 Å². The maximum atomic E-state index is 12.5. The summed E-state index contributed by atoms with van der Waals surface area (Å²) in [6.45, 7) is 3.09. The number of likely N-dealkylation sites (tertiary alicyclic amines) is 1. The maximum absolute atomic E-state index is 12.5. The van der Waals surface area contributed by atoms with E-state index < -0.39 is 0 Å². The summed E-state index contributed by atoms with van der Waals surface area (Å²) in [5.74, 6) is -0.127. The Bertz CT molecular complexity index is 594. The Morgan fingerprint density at radius 2 is 2.22 bits per heavy atom. The first kappa shape index (κ1) is 17.6. The number of hydrogen-bond donors (Lipinski definition) is 2. The van der Waals surface area contributed by atoms with Crippen molar-refractivity contribution in [2.45, 2.75) is 25.8 Å². The molecule has 1 aromatic rings. The molecule has 7 heteroatoms. The summed E-state index contributed by atoms with van der Waals surface area (Å²) < 4.78 is 5.23. The summed E-state index contributed by atoms with van der Waals surface area (Å²) in [5, 5.41) is 3.35. The second kappa shape index (κ2) is 7.66. The van der Waals surface area contributed by atoms with Crippen LogP contribution in [0.15, 0.2) is 18.2 Å². The molecule has 0 unspecified atom stereocenters. The lowest BCUT2D eigenvalue weighted by atomic mass is 9.96. The molecule has 0 saturated carbocycles. The molecule has 0 aliphatic carbocycles. The number of amides is 2. The van der Waals surface area contributed by atoms with Crippen molar-refractivity contribution in [3.05, 3.63) is 23.2 Å². The number of halogens is 1. The molecule has 1 heterocycles. The topological polar surface area (TPSA) is 84.7 Å². The highest BCUT2D eigenvalue weighted by Gasteiger charge is 2.30. The van der Waals surface area contributed by atoms with Gasteiger partial charge in [-0.05, 0) is 44.5 Å². The molecule has 0 radical (unpaired) electrons. The molecule has 1 saturated heterocycles. The second-order valence-corrected chi connectivity index (χ2v) is 6.18. The molecule has 6 nitrogen and oxygen atoms in total. The Morgan fingerprint density at radius 3 is 2.87 bits per heavy atom. The average Bonchev–Trinajstić information content (AvgIpc) is 2.54. The van der Waals surface area contributed by atoms with Crippen molar-refractivity contribution in [1.82, 2.24) is 4.90 Å². The van der Waals surface area contributed by atoms with Gasteiger partial charge in [0.05, 0.1) is 24.8 Å². The van der Waals surface area contributed by atoms with Crippen molar-refractivity contribution in [3.63, 3.8) is 0 Å². The maximum Gasteiger partial charge on any atom is 0.241 e. The van der Waals surface area contributed by atoms with E-state index in [4.69, 9.17) is 22.1 Å². The first-order valence-electron chi connectivity index (χ1n) is 7.60. The van der Waals surface area contributed by atoms with Gasteiger partial charge >= 0.3 is 0 Å². The van der Waals surface area contributed by atoms with Gasteiger partial charge in [-0.1, -0.05) is 11.6 Å². The minimum atomic E-state index is -0.374. The molecule has 2 atom stereocenters. The Kier molecular flexibility index (Phi) is 5.85. The molecule has 1 aliphatic rings. The van der Waals surface area contributed by atoms with Crippen LogP contribution >= 0.6 is 11.6 Å². The Balaban J connectivity index is 2.05. The third-order valence-corrected chi connectivity index (χ3v) is 4.44. The van der Waals surface area contributed by atoms with Gasteiger partial charge in [-0.25, -0.2) is 0 Å². The van der Waals surface area contributed by atoms with Gasteiger partial charge in [-0.2, -0.15) is 0 Å². The van der Waals surface area contributed by atoms with Crippen LogP contribution in [0.5, 0.6) is 5.75 Å². The number of nitrogens with two attached hydrogens (primary N) is 1. The lowest BCUT2D eigenvalue weighted by molar-refractivity contribution is -0.127. The standard InChI is InChI=1S/C16H22ClN3O3/c1-10(20-7-3-4-11(9-20)15(18)21)16(22)19-13-8-12(17)5-6-14(13)23-2/h5-6,8,10-11H,3-4,7,9H2,1-2H3,(H2,18,21)(H,19,22)/t10-,11-/m0/s1. The zero-order valence-electron chi connectivity index (χ0n) is 13.3. The monoisotopic (exact) mass is 339 g/mol. The molecular formula is C16H22ClN3O3. The van der Waals surface area contributed by atoms with Gasteiger partial charge in [0.2, 0.25) is 11.8 Å². The van der Waals surface area contributed by atoms with Crippen LogP contribution < -0.4 is 15.8 Å². The molecule has 1 aliphatic heterocycles. The van der Waals surface area contributed by atoms with E-state index in [1.54, 1.807) is 18.2 Å². The largest absolute Gasteiger partial charge is 0.495 e. The number of ether oxygens (including phenoxy) is 1. The number of benzene rings is 1. The fraction of sp³-hybridized carbons (Fsp3) is 0.500. The highest BCUT2D eigenvalue weighted by atomic mass is 35.5. The molecule has 126 valence electrons. The van der Waals surface area contributed by atoms with Gasteiger partial charge in [-0.3, -0.25) is 14.5 Å².